The van der Waals surface area contributed by atoms with E-state index in [0.717, 1.165) is 37.2 Å². The van der Waals surface area contributed by atoms with Crippen LogP contribution in [0.3, 0.4) is 0 Å². The Bertz CT molecular complexity index is 1100. The molecule has 1 aliphatic heterocycles. The standard InChI is InChI=1S/C29H32N2O/c1-22-10-9-13-25(20-22)29(23-11-5-4-6-12-23)24-16-18-31(19-17-24)21-28(32)26-14-7-8-15-27(26)30(2)3/h4-15,20H,16-19,21H2,1-3H3. The molecule has 32 heavy (non-hydrogen) atoms. The molecule has 0 aliphatic carbocycles. The van der Waals surface area contributed by atoms with Gasteiger partial charge in [-0.1, -0.05) is 77.9 Å². The Hall–Kier alpha value is -3.17. The highest BCUT2D eigenvalue weighted by molar-refractivity contribution is 6.02. The molecule has 0 N–H and O–H groups in total. The largest absolute Gasteiger partial charge is 0.377 e. The highest BCUT2D eigenvalue weighted by Gasteiger charge is 2.22. The van der Waals surface area contributed by atoms with E-state index in [1.807, 2.05) is 43.3 Å². The maximum absolute atomic E-state index is 13.1. The number of benzene rings is 3. The third kappa shape index (κ3) is 5.00. The second-order valence-corrected chi connectivity index (χ2v) is 8.82. The van der Waals surface area contributed by atoms with Gasteiger partial charge in [-0.25, -0.2) is 0 Å². The van der Waals surface area contributed by atoms with Gasteiger partial charge in [-0.2, -0.15) is 0 Å². The van der Waals surface area contributed by atoms with Crippen LogP contribution in [0.1, 0.15) is 39.9 Å². The molecular formula is C29H32N2O. The van der Waals surface area contributed by atoms with Gasteiger partial charge in [0.05, 0.1) is 6.54 Å². The molecular weight excluding hydrogens is 392 g/mol. The fourth-order valence-corrected chi connectivity index (χ4v) is 4.60. The zero-order valence-corrected chi connectivity index (χ0v) is 19.3. The average molecular weight is 425 g/mol. The molecule has 3 heteroatoms. The Balaban J connectivity index is 1.54. The van der Waals surface area contributed by atoms with Crippen LogP contribution in [0.15, 0.2) is 84.4 Å². The molecule has 1 heterocycles. The summed E-state index contributed by atoms with van der Waals surface area (Å²) >= 11 is 0. The molecule has 0 radical (unpaired) electrons. The molecule has 3 aromatic carbocycles. The zero-order chi connectivity index (χ0) is 22.5. The van der Waals surface area contributed by atoms with Gasteiger partial charge < -0.3 is 4.90 Å². The number of anilines is 1. The van der Waals surface area contributed by atoms with E-state index in [1.165, 1.54) is 27.8 Å². The van der Waals surface area contributed by atoms with Gasteiger partial charge in [-0.15, -0.1) is 0 Å². The predicted molar refractivity (Wildman–Crippen MR) is 134 cm³/mol. The second-order valence-electron chi connectivity index (χ2n) is 8.82. The number of Topliss-reactive ketones (excluding diaryl/α,β-unsaturated/α-hetero) is 1. The smallest absolute Gasteiger partial charge is 0.178 e. The van der Waals surface area contributed by atoms with Crippen molar-refractivity contribution >= 4 is 17.0 Å². The van der Waals surface area contributed by atoms with Crippen LogP contribution in [0, 0.1) is 6.92 Å². The molecule has 0 atom stereocenters. The van der Waals surface area contributed by atoms with E-state index >= 15 is 0 Å². The van der Waals surface area contributed by atoms with Crippen LogP contribution in [0.4, 0.5) is 5.69 Å². The zero-order valence-electron chi connectivity index (χ0n) is 19.3. The molecule has 0 bridgehead atoms. The van der Waals surface area contributed by atoms with Crippen molar-refractivity contribution in [3.05, 3.63) is 107 Å². The van der Waals surface area contributed by atoms with Crippen LogP contribution >= 0.6 is 0 Å². The quantitative estimate of drug-likeness (QED) is 0.464. The van der Waals surface area contributed by atoms with E-state index in [2.05, 4.69) is 66.4 Å². The summed E-state index contributed by atoms with van der Waals surface area (Å²) in [7, 11) is 3.97. The first-order chi connectivity index (χ1) is 15.5. The summed E-state index contributed by atoms with van der Waals surface area (Å²) in [6.07, 6.45) is 1.97. The molecule has 3 aromatic rings. The fraction of sp³-hybridized carbons (Fsp3) is 0.276. The number of likely N-dealkylation sites (tertiary alicyclic amines) is 1. The number of nitrogens with zero attached hydrogens (tertiary/aromatic N) is 2. The van der Waals surface area contributed by atoms with Crippen LogP contribution in [-0.2, 0) is 0 Å². The Morgan fingerprint density at radius 3 is 2.19 bits per heavy atom. The third-order valence-electron chi connectivity index (χ3n) is 6.24. The number of carbonyl (C=O) groups excluding carboxylic acids is 1. The molecule has 0 aromatic heterocycles. The van der Waals surface area contributed by atoms with E-state index in [9.17, 15) is 4.79 Å². The summed E-state index contributed by atoms with van der Waals surface area (Å²) in [6.45, 7) is 4.44. The number of piperidine rings is 1. The molecule has 0 unspecified atom stereocenters. The van der Waals surface area contributed by atoms with Gasteiger partial charge in [0.1, 0.15) is 0 Å². The van der Waals surface area contributed by atoms with Crippen LogP contribution in [-0.4, -0.2) is 44.4 Å². The van der Waals surface area contributed by atoms with Gasteiger partial charge in [0, 0.05) is 38.4 Å². The third-order valence-corrected chi connectivity index (χ3v) is 6.24. The van der Waals surface area contributed by atoms with E-state index in [-0.39, 0.29) is 5.78 Å². The highest BCUT2D eigenvalue weighted by atomic mass is 16.1. The SMILES string of the molecule is Cc1cccc(C(=C2CCN(CC(=O)c3ccccc3N(C)C)CC2)c2ccccc2)c1. The minimum Gasteiger partial charge on any atom is -0.377 e. The van der Waals surface area contributed by atoms with E-state index in [0.29, 0.717) is 6.54 Å². The second kappa shape index (κ2) is 9.97. The predicted octanol–water partition coefficient (Wildman–Crippen LogP) is 5.84. The highest BCUT2D eigenvalue weighted by Crippen LogP contribution is 2.33. The molecule has 0 saturated carbocycles. The van der Waals surface area contributed by atoms with Gasteiger partial charge in [0.2, 0.25) is 0 Å². The number of ketones is 1. The van der Waals surface area contributed by atoms with Crippen LogP contribution in [0.5, 0.6) is 0 Å². The Morgan fingerprint density at radius 2 is 1.50 bits per heavy atom. The summed E-state index contributed by atoms with van der Waals surface area (Å²) in [5, 5.41) is 0. The summed E-state index contributed by atoms with van der Waals surface area (Å²) in [6, 6.07) is 27.4. The maximum Gasteiger partial charge on any atom is 0.178 e. The first-order valence-corrected chi connectivity index (χ1v) is 11.4. The van der Waals surface area contributed by atoms with Crippen molar-refractivity contribution in [1.82, 2.24) is 4.90 Å². The van der Waals surface area contributed by atoms with E-state index in [1.54, 1.807) is 0 Å². The summed E-state index contributed by atoms with van der Waals surface area (Å²) in [5.41, 5.74) is 8.48. The van der Waals surface area contributed by atoms with Crippen LogP contribution in [0.2, 0.25) is 0 Å². The van der Waals surface area contributed by atoms with Crippen LogP contribution in [0.25, 0.3) is 5.57 Å². The van der Waals surface area contributed by atoms with Crippen molar-refractivity contribution in [2.45, 2.75) is 19.8 Å². The lowest BCUT2D eigenvalue weighted by atomic mass is 9.88. The molecule has 1 saturated heterocycles. The Morgan fingerprint density at radius 1 is 0.844 bits per heavy atom. The Labute approximate surface area is 192 Å². The number of rotatable bonds is 6. The number of para-hydroxylation sites is 1. The number of aryl methyl sites for hydroxylation is 1. The van der Waals surface area contributed by atoms with Gasteiger partial charge in [0.15, 0.2) is 5.78 Å². The van der Waals surface area contributed by atoms with Crippen molar-refractivity contribution in [3.8, 4) is 0 Å². The number of hydrogen-bond acceptors (Lipinski definition) is 3. The van der Waals surface area contributed by atoms with Crippen LogP contribution < -0.4 is 4.90 Å². The minimum absolute atomic E-state index is 0.198. The maximum atomic E-state index is 13.1. The van der Waals surface area contributed by atoms with E-state index < -0.39 is 0 Å². The number of hydrogen-bond donors (Lipinski definition) is 0. The molecule has 164 valence electrons. The van der Waals surface area contributed by atoms with Gasteiger partial charge in [-0.3, -0.25) is 9.69 Å². The summed E-state index contributed by atoms with van der Waals surface area (Å²) in [4.78, 5) is 17.4. The molecule has 4 rings (SSSR count). The molecule has 0 amide bonds. The number of carbonyl (C=O) groups is 1. The Kier molecular flexibility index (Phi) is 6.87. The lowest BCUT2D eigenvalue weighted by molar-refractivity contribution is 0.0925. The molecule has 1 fully saturated rings. The summed E-state index contributed by atoms with van der Waals surface area (Å²) < 4.78 is 0. The molecule has 1 aliphatic rings. The lowest BCUT2D eigenvalue weighted by Crippen LogP contribution is -2.35. The first kappa shape index (κ1) is 22.0. The van der Waals surface area contributed by atoms with Gasteiger partial charge >= 0.3 is 0 Å². The van der Waals surface area contributed by atoms with Crippen molar-refractivity contribution in [2.24, 2.45) is 0 Å². The summed E-state index contributed by atoms with van der Waals surface area (Å²) in [5.74, 6) is 0.198. The van der Waals surface area contributed by atoms with Crippen molar-refractivity contribution in [1.29, 1.82) is 0 Å². The fourth-order valence-electron chi connectivity index (χ4n) is 4.60. The normalized spacial score (nSPS) is 14.3. The van der Waals surface area contributed by atoms with Crippen molar-refractivity contribution in [3.63, 3.8) is 0 Å². The molecule has 3 nitrogen and oxygen atoms in total. The molecule has 0 spiro atoms. The topological polar surface area (TPSA) is 23.6 Å². The van der Waals surface area contributed by atoms with Gasteiger partial charge in [0.25, 0.3) is 0 Å². The van der Waals surface area contributed by atoms with E-state index in [4.69, 9.17) is 0 Å². The minimum atomic E-state index is 0.198. The first-order valence-electron chi connectivity index (χ1n) is 11.4. The monoisotopic (exact) mass is 424 g/mol. The lowest BCUT2D eigenvalue weighted by Gasteiger charge is -2.30. The average Bonchev–Trinajstić information content (AvgIpc) is 2.81. The van der Waals surface area contributed by atoms with Gasteiger partial charge in [-0.05, 0) is 48.6 Å². The van der Waals surface area contributed by atoms with Crippen molar-refractivity contribution < 1.29 is 4.79 Å². The van der Waals surface area contributed by atoms with Crippen molar-refractivity contribution in [2.75, 3.05) is 38.6 Å².